The predicted octanol–water partition coefficient (Wildman–Crippen LogP) is 14.5. The average molecular weight is 823 g/mol. The molecular weight excluding hydrogens is 789 g/mol. The Balaban J connectivity index is 1.05. The lowest BCUT2D eigenvalue weighted by molar-refractivity contribution is 0.996. The van der Waals surface area contributed by atoms with Crippen LogP contribution in [0.15, 0.2) is 206 Å². The molecular formula is C56H34N6S. The van der Waals surface area contributed by atoms with Gasteiger partial charge in [-0.1, -0.05) is 158 Å². The number of hydrogen-bond acceptors (Lipinski definition) is 5. The van der Waals surface area contributed by atoms with Crippen LogP contribution in [0, 0.1) is 0 Å². The first kappa shape index (κ1) is 35.5. The Morgan fingerprint density at radius 3 is 1.25 bits per heavy atom. The zero-order valence-electron chi connectivity index (χ0n) is 33.7. The van der Waals surface area contributed by atoms with Crippen molar-refractivity contribution < 1.29 is 0 Å². The second-order valence-electron chi connectivity index (χ2n) is 15.9. The molecule has 5 heterocycles. The fraction of sp³-hybridized carbons (Fsp3) is 0. The maximum Gasteiger partial charge on any atom is 0.235 e. The van der Waals surface area contributed by atoms with Crippen LogP contribution in [0.3, 0.4) is 0 Å². The summed E-state index contributed by atoms with van der Waals surface area (Å²) in [5.41, 5.74) is 11.1. The Morgan fingerprint density at radius 1 is 0.302 bits per heavy atom. The number of aromatic nitrogens is 6. The molecule has 0 N–H and O–H groups in total. The zero-order valence-corrected chi connectivity index (χ0v) is 34.5. The summed E-state index contributed by atoms with van der Waals surface area (Å²) in [6.45, 7) is 0. The fourth-order valence-corrected chi connectivity index (χ4v) is 10.4. The first-order chi connectivity index (χ1) is 31.2. The van der Waals surface area contributed by atoms with Crippen LogP contribution in [0.4, 0.5) is 0 Å². The minimum atomic E-state index is 0.641. The van der Waals surface area contributed by atoms with Crippen molar-refractivity contribution in [2.45, 2.75) is 0 Å². The first-order valence-corrected chi connectivity index (χ1v) is 21.9. The molecule has 13 aromatic rings. The van der Waals surface area contributed by atoms with Gasteiger partial charge >= 0.3 is 0 Å². The van der Waals surface area contributed by atoms with Gasteiger partial charge in [0.2, 0.25) is 5.95 Å². The van der Waals surface area contributed by atoms with Crippen LogP contribution >= 0.6 is 11.3 Å². The van der Waals surface area contributed by atoms with E-state index in [4.69, 9.17) is 19.9 Å². The van der Waals surface area contributed by atoms with Crippen molar-refractivity contribution in [1.82, 2.24) is 29.1 Å². The first-order valence-electron chi connectivity index (χ1n) is 21.1. The number of nitrogens with zero attached hydrogens (tertiary/aromatic N) is 6. The summed E-state index contributed by atoms with van der Waals surface area (Å²) in [6, 6.07) is 72.4. The largest absolute Gasteiger partial charge is 0.294 e. The number of hydrogen-bond donors (Lipinski definition) is 0. The fourth-order valence-electron chi connectivity index (χ4n) is 9.23. The second-order valence-corrected chi connectivity index (χ2v) is 17.0. The third kappa shape index (κ3) is 5.78. The molecule has 0 atom stereocenters. The highest BCUT2D eigenvalue weighted by atomic mass is 32.1. The third-order valence-corrected chi connectivity index (χ3v) is 13.3. The van der Waals surface area contributed by atoms with Crippen molar-refractivity contribution >= 4 is 75.1 Å². The van der Waals surface area contributed by atoms with E-state index in [0.29, 0.717) is 11.8 Å². The van der Waals surface area contributed by atoms with Crippen LogP contribution in [-0.4, -0.2) is 29.1 Å². The van der Waals surface area contributed by atoms with Gasteiger partial charge in [-0.05, 0) is 42.5 Å². The molecule has 5 aromatic heterocycles. The molecule has 63 heavy (non-hydrogen) atoms. The molecule has 0 aliphatic rings. The van der Waals surface area contributed by atoms with Gasteiger partial charge in [0, 0.05) is 70.0 Å². The number of benzene rings is 8. The van der Waals surface area contributed by atoms with Crippen molar-refractivity contribution in [1.29, 1.82) is 0 Å². The van der Waals surface area contributed by atoms with Crippen LogP contribution in [-0.2, 0) is 0 Å². The van der Waals surface area contributed by atoms with Gasteiger partial charge in [0.15, 0.2) is 5.82 Å². The summed E-state index contributed by atoms with van der Waals surface area (Å²) in [6.07, 6.45) is 0. The molecule has 0 aliphatic heterocycles. The maximum absolute atomic E-state index is 5.29. The van der Waals surface area contributed by atoms with Crippen molar-refractivity contribution in [3.63, 3.8) is 0 Å². The molecule has 0 unspecified atom stereocenters. The molecule has 8 aromatic carbocycles. The molecule has 6 nitrogen and oxygen atoms in total. The smallest absolute Gasteiger partial charge is 0.235 e. The Bertz CT molecular complexity index is 3520. The molecule has 0 saturated carbocycles. The van der Waals surface area contributed by atoms with Crippen LogP contribution in [0.2, 0.25) is 0 Å². The molecule has 13 rings (SSSR count). The van der Waals surface area contributed by atoms with Gasteiger partial charge < -0.3 is 0 Å². The Kier molecular flexibility index (Phi) is 7.98. The molecule has 0 radical (unpaired) electrons. The number of para-hydroxylation sites is 2. The summed E-state index contributed by atoms with van der Waals surface area (Å²) in [4.78, 5) is 21.0. The summed E-state index contributed by atoms with van der Waals surface area (Å²) in [5.74, 6) is 2.16. The van der Waals surface area contributed by atoms with E-state index >= 15 is 0 Å². The standard InChI is InChI=1S/C56H34N6S/c1-5-17-35(18-6-1)45-31-46(36-19-7-2-8-20-36)59-56(58-45)62-49-28-16-14-26-40(49)42-30-44-43-29-41-39-25-13-15-27-48(39)61(50(41)33-52(43)63-53(44)34-51(42)62)54-32-47(37-21-9-3-10-22-37)57-55(60-54)38-23-11-4-12-24-38/h1-34H. The van der Waals surface area contributed by atoms with Gasteiger partial charge in [0.25, 0.3) is 0 Å². The van der Waals surface area contributed by atoms with E-state index in [0.717, 1.165) is 78.0 Å². The van der Waals surface area contributed by atoms with Gasteiger partial charge in [-0.3, -0.25) is 9.13 Å². The molecule has 294 valence electrons. The predicted molar refractivity (Wildman–Crippen MR) is 261 cm³/mol. The highest BCUT2D eigenvalue weighted by Crippen LogP contribution is 2.44. The van der Waals surface area contributed by atoms with Gasteiger partial charge in [-0.25, -0.2) is 19.9 Å². The van der Waals surface area contributed by atoms with Crippen molar-refractivity contribution in [3.8, 4) is 56.9 Å². The van der Waals surface area contributed by atoms with Crippen LogP contribution in [0.25, 0.3) is 121 Å². The van der Waals surface area contributed by atoms with E-state index in [1.807, 2.05) is 47.7 Å². The summed E-state index contributed by atoms with van der Waals surface area (Å²) in [5, 5.41) is 7.15. The quantitative estimate of drug-likeness (QED) is 0.168. The molecule has 0 aliphatic carbocycles. The van der Waals surface area contributed by atoms with Crippen LogP contribution in [0.5, 0.6) is 0 Å². The van der Waals surface area contributed by atoms with E-state index in [-0.39, 0.29) is 0 Å². The van der Waals surface area contributed by atoms with E-state index < -0.39 is 0 Å². The molecule has 7 heteroatoms. The minimum absolute atomic E-state index is 0.641. The van der Waals surface area contributed by atoms with Crippen molar-refractivity contribution in [2.24, 2.45) is 0 Å². The van der Waals surface area contributed by atoms with E-state index in [2.05, 4.69) is 179 Å². The highest BCUT2D eigenvalue weighted by Gasteiger charge is 2.22. The number of rotatable bonds is 6. The SMILES string of the molecule is c1ccc(-c2cc(-n3c4ccccc4c4cc5c(cc43)sc3cc4c(cc35)c3ccccc3n4-c3nc(-c4ccccc4)cc(-c4ccccc4)n3)nc(-c3ccccc3)n2)cc1. The summed E-state index contributed by atoms with van der Waals surface area (Å²) < 4.78 is 6.97. The lowest BCUT2D eigenvalue weighted by Gasteiger charge is -2.12. The topological polar surface area (TPSA) is 61.4 Å². The van der Waals surface area contributed by atoms with Crippen LogP contribution < -0.4 is 0 Å². The molecule has 0 amide bonds. The highest BCUT2D eigenvalue weighted by molar-refractivity contribution is 7.26. The lowest BCUT2D eigenvalue weighted by atomic mass is 10.1. The third-order valence-electron chi connectivity index (χ3n) is 12.2. The summed E-state index contributed by atoms with van der Waals surface area (Å²) >= 11 is 1.82. The van der Waals surface area contributed by atoms with Crippen LogP contribution in [0.1, 0.15) is 0 Å². The average Bonchev–Trinajstić information content (AvgIpc) is 3.99. The lowest BCUT2D eigenvalue weighted by Crippen LogP contribution is -2.03. The van der Waals surface area contributed by atoms with E-state index in [1.165, 1.54) is 30.9 Å². The number of fused-ring (bicyclic) bond motifs is 9. The minimum Gasteiger partial charge on any atom is -0.294 e. The van der Waals surface area contributed by atoms with E-state index in [1.54, 1.807) is 0 Å². The second kappa shape index (κ2) is 14.2. The Hall–Kier alpha value is -8.26. The molecule has 0 spiro atoms. The number of thiophene rings is 1. The van der Waals surface area contributed by atoms with E-state index in [9.17, 15) is 0 Å². The van der Waals surface area contributed by atoms with Gasteiger partial charge in [-0.2, -0.15) is 0 Å². The Morgan fingerprint density at radius 2 is 0.730 bits per heavy atom. The van der Waals surface area contributed by atoms with Gasteiger partial charge in [-0.15, -0.1) is 11.3 Å². The normalized spacial score (nSPS) is 11.8. The molecule has 0 saturated heterocycles. The molecule has 0 bridgehead atoms. The Labute approximate surface area is 365 Å². The zero-order chi connectivity index (χ0) is 41.4. The molecule has 0 fully saturated rings. The van der Waals surface area contributed by atoms with Gasteiger partial charge in [0.05, 0.1) is 39.1 Å². The van der Waals surface area contributed by atoms with Crippen molar-refractivity contribution in [2.75, 3.05) is 0 Å². The monoisotopic (exact) mass is 822 g/mol. The van der Waals surface area contributed by atoms with Crippen molar-refractivity contribution in [3.05, 3.63) is 206 Å². The summed E-state index contributed by atoms with van der Waals surface area (Å²) in [7, 11) is 0. The van der Waals surface area contributed by atoms with Gasteiger partial charge in [0.1, 0.15) is 5.82 Å². The maximum atomic E-state index is 5.29.